The molecule has 0 amide bonds. The lowest BCUT2D eigenvalue weighted by Crippen LogP contribution is -2.28. The lowest BCUT2D eigenvalue weighted by Gasteiger charge is -2.20. The first-order chi connectivity index (χ1) is 14.2. The van der Waals surface area contributed by atoms with E-state index in [9.17, 15) is 27.9 Å². The molecule has 1 aliphatic heterocycles. The molecular formula is C19H16F3N5O3. The van der Waals surface area contributed by atoms with Crippen LogP contribution in [0.3, 0.4) is 0 Å². The van der Waals surface area contributed by atoms with Crippen LogP contribution in [0.5, 0.6) is 0 Å². The predicted octanol–water partition coefficient (Wildman–Crippen LogP) is 1.62. The van der Waals surface area contributed by atoms with E-state index in [1.807, 2.05) is 0 Å². The normalized spacial score (nSPS) is 16.4. The molecule has 30 heavy (non-hydrogen) atoms. The Bertz CT molecular complexity index is 1260. The molecular weight excluding hydrogens is 403 g/mol. The lowest BCUT2D eigenvalue weighted by atomic mass is 10.1. The first-order valence-corrected chi connectivity index (χ1v) is 8.92. The molecule has 156 valence electrons. The standard InChI is InChI=1S/C19H16F3N5O3/c20-11-1-2-13(14(22)15(11)24)27-7-10(19(29)30)16(28)9-5-12(21)18(25-17(9)27)26-4-3-8(23)6-26/h1-2,5,7-8H,3-4,6,23-24H2,(H,29,30)/t8-/m0/s1. The molecule has 1 saturated heterocycles. The van der Waals surface area contributed by atoms with Crippen LogP contribution < -0.4 is 21.8 Å². The van der Waals surface area contributed by atoms with Gasteiger partial charge in [-0.2, -0.15) is 0 Å². The Morgan fingerprint density at radius 3 is 2.60 bits per heavy atom. The van der Waals surface area contributed by atoms with Gasteiger partial charge >= 0.3 is 5.97 Å². The fourth-order valence-electron chi connectivity index (χ4n) is 3.50. The van der Waals surface area contributed by atoms with E-state index in [1.165, 1.54) is 0 Å². The second-order valence-corrected chi connectivity index (χ2v) is 7.00. The van der Waals surface area contributed by atoms with Crippen molar-refractivity contribution in [3.63, 3.8) is 0 Å². The number of carboxylic acids is 1. The van der Waals surface area contributed by atoms with E-state index in [0.717, 1.165) is 29.0 Å². The van der Waals surface area contributed by atoms with Gasteiger partial charge in [-0.1, -0.05) is 0 Å². The summed E-state index contributed by atoms with van der Waals surface area (Å²) in [6.07, 6.45) is 1.46. The number of pyridine rings is 2. The first kappa shape index (κ1) is 19.7. The second kappa shape index (κ2) is 7.02. The highest BCUT2D eigenvalue weighted by Gasteiger charge is 2.26. The molecule has 0 spiro atoms. The van der Waals surface area contributed by atoms with Crippen LogP contribution in [0.25, 0.3) is 16.7 Å². The summed E-state index contributed by atoms with van der Waals surface area (Å²) >= 11 is 0. The summed E-state index contributed by atoms with van der Waals surface area (Å²) in [7, 11) is 0. The Kier molecular flexibility index (Phi) is 4.61. The van der Waals surface area contributed by atoms with E-state index in [2.05, 4.69) is 4.98 Å². The van der Waals surface area contributed by atoms with Crippen molar-refractivity contribution in [3.05, 3.63) is 57.6 Å². The Morgan fingerprint density at radius 1 is 1.23 bits per heavy atom. The third-order valence-corrected chi connectivity index (χ3v) is 5.03. The number of hydrogen-bond acceptors (Lipinski definition) is 6. The van der Waals surface area contributed by atoms with Crippen molar-refractivity contribution in [1.82, 2.24) is 9.55 Å². The van der Waals surface area contributed by atoms with E-state index < -0.39 is 40.1 Å². The molecule has 0 bridgehead atoms. The van der Waals surface area contributed by atoms with E-state index in [4.69, 9.17) is 11.5 Å². The van der Waals surface area contributed by atoms with Crippen LogP contribution in [0, 0.1) is 17.5 Å². The number of fused-ring (bicyclic) bond motifs is 1. The van der Waals surface area contributed by atoms with Crippen molar-refractivity contribution >= 4 is 28.5 Å². The highest BCUT2D eigenvalue weighted by molar-refractivity contribution is 5.92. The highest BCUT2D eigenvalue weighted by Crippen LogP contribution is 2.28. The number of nitrogen functional groups attached to an aromatic ring is 1. The van der Waals surface area contributed by atoms with Crippen molar-refractivity contribution in [2.75, 3.05) is 23.7 Å². The number of nitrogens with zero attached hydrogens (tertiary/aromatic N) is 3. The summed E-state index contributed by atoms with van der Waals surface area (Å²) < 4.78 is 44.0. The summed E-state index contributed by atoms with van der Waals surface area (Å²) in [5, 5.41) is 8.99. The maximum atomic E-state index is 14.8. The van der Waals surface area contributed by atoms with E-state index in [1.54, 1.807) is 4.90 Å². The van der Waals surface area contributed by atoms with Crippen molar-refractivity contribution < 1.29 is 23.1 Å². The molecule has 3 aromatic rings. The molecule has 2 aromatic heterocycles. The van der Waals surface area contributed by atoms with Gasteiger partial charge < -0.3 is 21.5 Å². The van der Waals surface area contributed by atoms with Gasteiger partial charge in [0, 0.05) is 25.3 Å². The summed E-state index contributed by atoms with van der Waals surface area (Å²) in [5.41, 5.74) is 8.23. The summed E-state index contributed by atoms with van der Waals surface area (Å²) in [6.45, 7) is 0.747. The van der Waals surface area contributed by atoms with Crippen LogP contribution in [0.2, 0.25) is 0 Å². The molecule has 0 aliphatic carbocycles. The molecule has 0 unspecified atom stereocenters. The average molecular weight is 419 g/mol. The number of halogens is 3. The molecule has 1 aliphatic rings. The average Bonchev–Trinajstić information content (AvgIpc) is 3.13. The number of benzene rings is 1. The van der Waals surface area contributed by atoms with Crippen LogP contribution in [0.15, 0.2) is 29.2 Å². The van der Waals surface area contributed by atoms with Crippen LogP contribution >= 0.6 is 0 Å². The third-order valence-electron chi connectivity index (χ3n) is 5.03. The maximum absolute atomic E-state index is 14.8. The number of carbonyl (C=O) groups is 1. The smallest absolute Gasteiger partial charge is 0.341 e. The maximum Gasteiger partial charge on any atom is 0.341 e. The van der Waals surface area contributed by atoms with Gasteiger partial charge in [-0.05, 0) is 24.6 Å². The Balaban J connectivity index is 2.07. The minimum atomic E-state index is -1.60. The lowest BCUT2D eigenvalue weighted by molar-refractivity contribution is 0.0695. The number of carboxylic acid groups (broad SMARTS) is 1. The molecule has 1 aromatic carbocycles. The SMILES string of the molecule is Nc1c(F)ccc(-n2cc(C(=O)O)c(=O)c3cc(F)c(N4CC[C@H](N)C4)nc32)c1F. The van der Waals surface area contributed by atoms with E-state index >= 15 is 0 Å². The molecule has 11 heteroatoms. The van der Waals surface area contributed by atoms with Gasteiger partial charge in [0.2, 0.25) is 5.43 Å². The van der Waals surface area contributed by atoms with Crippen LogP contribution in [-0.4, -0.2) is 39.8 Å². The highest BCUT2D eigenvalue weighted by atomic mass is 19.1. The fourth-order valence-corrected chi connectivity index (χ4v) is 3.50. The van der Waals surface area contributed by atoms with Crippen molar-refractivity contribution in [2.24, 2.45) is 5.73 Å². The summed E-state index contributed by atoms with van der Waals surface area (Å²) in [4.78, 5) is 29.9. The van der Waals surface area contributed by atoms with Gasteiger partial charge in [-0.15, -0.1) is 0 Å². The largest absolute Gasteiger partial charge is 0.477 e. The second-order valence-electron chi connectivity index (χ2n) is 7.00. The summed E-state index contributed by atoms with van der Waals surface area (Å²) in [5.74, 6) is -4.73. The van der Waals surface area contributed by atoms with E-state index in [0.29, 0.717) is 19.5 Å². The Labute approximate surface area is 167 Å². The predicted molar refractivity (Wildman–Crippen MR) is 103 cm³/mol. The van der Waals surface area contributed by atoms with E-state index in [-0.39, 0.29) is 28.6 Å². The van der Waals surface area contributed by atoms with Gasteiger partial charge in [0.15, 0.2) is 23.1 Å². The zero-order valence-corrected chi connectivity index (χ0v) is 15.4. The molecule has 8 nitrogen and oxygen atoms in total. The van der Waals surface area contributed by atoms with Gasteiger partial charge in [-0.25, -0.2) is 22.9 Å². The van der Waals surface area contributed by atoms with Crippen LogP contribution in [0.4, 0.5) is 24.7 Å². The number of rotatable bonds is 3. The number of anilines is 2. The molecule has 1 atom stereocenters. The number of aromatic carboxylic acids is 1. The Morgan fingerprint density at radius 2 is 1.97 bits per heavy atom. The van der Waals surface area contributed by atoms with Crippen molar-refractivity contribution in [1.29, 1.82) is 0 Å². The minimum Gasteiger partial charge on any atom is -0.477 e. The number of aromatic nitrogens is 2. The zero-order valence-electron chi connectivity index (χ0n) is 15.4. The topological polar surface area (TPSA) is 127 Å². The summed E-state index contributed by atoms with van der Waals surface area (Å²) in [6, 6.07) is 2.58. The Hall–Kier alpha value is -3.60. The zero-order chi connectivity index (χ0) is 21.7. The van der Waals surface area contributed by atoms with Gasteiger partial charge in [0.05, 0.1) is 11.1 Å². The van der Waals surface area contributed by atoms with Gasteiger partial charge in [0.1, 0.15) is 17.1 Å². The molecule has 0 saturated carbocycles. The number of hydrogen-bond donors (Lipinski definition) is 3. The van der Waals surface area contributed by atoms with Crippen molar-refractivity contribution in [3.8, 4) is 5.69 Å². The van der Waals surface area contributed by atoms with Gasteiger partial charge in [-0.3, -0.25) is 9.36 Å². The van der Waals surface area contributed by atoms with Crippen molar-refractivity contribution in [2.45, 2.75) is 12.5 Å². The van der Waals surface area contributed by atoms with Crippen LogP contribution in [0.1, 0.15) is 16.8 Å². The van der Waals surface area contributed by atoms with Gasteiger partial charge in [0.25, 0.3) is 0 Å². The molecule has 5 N–H and O–H groups in total. The molecule has 4 rings (SSSR count). The monoisotopic (exact) mass is 419 g/mol. The fraction of sp³-hybridized carbons (Fsp3) is 0.211. The first-order valence-electron chi connectivity index (χ1n) is 8.92. The number of nitrogens with two attached hydrogens (primary N) is 2. The molecule has 1 fully saturated rings. The molecule has 3 heterocycles. The van der Waals surface area contributed by atoms with Crippen LogP contribution in [-0.2, 0) is 0 Å². The molecule has 0 radical (unpaired) electrons. The third kappa shape index (κ3) is 3.03. The minimum absolute atomic E-state index is 0.109. The quantitative estimate of drug-likeness (QED) is 0.551.